The average molecular weight is 178 g/mol. The third kappa shape index (κ3) is 3.20. The Kier molecular flexibility index (Phi) is 3.38. The quantitative estimate of drug-likeness (QED) is 0.650. The van der Waals surface area contributed by atoms with Crippen LogP contribution < -0.4 is 0 Å². The Labute approximate surface area is 76.9 Å². The first-order chi connectivity index (χ1) is 6.22. The number of halogens is 1. The highest BCUT2D eigenvalue weighted by atomic mass is 19.1. The minimum absolute atomic E-state index is 0.00639. The van der Waals surface area contributed by atoms with E-state index in [1.165, 1.54) is 18.2 Å². The number of ketones is 1. The molecule has 1 rings (SSSR count). The number of hydrogen-bond donors (Lipinski definition) is 0. The fraction of sp³-hybridized carbons (Fsp3) is 0.182. The Morgan fingerprint density at radius 1 is 1.54 bits per heavy atom. The van der Waals surface area contributed by atoms with E-state index in [4.69, 9.17) is 0 Å². The molecule has 68 valence electrons. The van der Waals surface area contributed by atoms with Gasteiger partial charge < -0.3 is 0 Å². The van der Waals surface area contributed by atoms with Gasteiger partial charge in [-0.3, -0.25) is 4.79 Å². The van der Waals surface area contributed by atoms with E-state index in [-0.39, 0.29) is 18.0 Å². The predicted molar refractivity (Wildman–Crippen MR) is 49.9 cm³/mol. The molecular weight excluding hydrogens is 167 g/mol. The Bertz CT molecular complexity index is 329. The highest BCUT2D eigenvalue weighted by Crippen LogP contribution is 2.04. The highest BCUT2D eigenvalue weighted by molar-refractivity contribution is 5.91. The molecule has 0 unspecified atom stereocenters. The van der Waals surface area contributed by atoms with E-state index in [1.807, 2.05) is 0 Å². The van der Waals surface area contributed by atoms with Gasteiger partial charge in [0.1, 0.15) is 5.82 Å². The summed E-state index contributed by atoms with van der Waals surface area (Å²) in [7, 11) is 0. The number of allylic oxidation sites excluding steroid dienone is 2. The van der Waals surface area contributed by atoms with Crippen LogP contribution in [0.1, 0.15) is 12.5 Å². The Balaban J connectivity index is 2.69. The van der Waals surface area contributed by atoms with Gasteiger partial charge in [-0.05, 0) is 30.7 Å². The fourth-order valence-electron chi connectivity index (χ4n) is 1.09. The van der Waals surface area contributed by atoms with Gasteiger partial charge in [-0.25, -0.2) is 4.39 Å². The lowest BCUT2D eigenvalue weighted by Gasteiger charge is -1.96. The number of hydrogen-bond acceptors (Lipinski definition) is 1. The normalized spacial score (nSPS) is 10.6. The second-order valence-electron chi connectivity index (χ2n) is 2.77. The van der Waals surface area contributed by atoms with Crippen molar-refractivity contribution in [3.8, 4) is 0 Å². The highest BCUT2D eigenvalue weighted by Gasteiger charge is 1.99. The maximum absolute atomic E-state index is 12.7. The van der Waals surface area contributed by atoms with Crippen LogP contribution in [-0.2, 0) is 11.2 Å². The minimum Gasteiger partial charge on any atom is -0.294 e. The molecule has 0 saturated carbocycles. The molecule has 0 aliphatic carbocycles. The van der Waals surface area contributed by atoms with Crippen molar-refractivity contribution in [2.45, 2.75) is 13.3 Å². The Morgan fingerprint density at radius 3 is 2.92 bits per heavy atom. The molecule has 0 N–H and O–H groups in total. The zero-order chi connectivity index (χ0) is 9.68. The van der Waals surface area contributed by atoms with Crippen molar-refractivity contribution < 1.29 is 9.18 Å². The van der Waals surface area contributed by atoms with E-state index >= 15 is 0 Å². The van der Waals surface area contributed by atoms with E-state index in [9.17, 15) is 9.18 Å². The lowest BCUT2D eigenvalue weighted by molar-refractivity contribution is -0.114. The molecule has 1 aromatic rings. The van der Waals surface area contributed by atoms with Crippen molar-refractivity contribution in [1.29, 1.82) is 0 Å². The first kappa shape index (κ1) is 9.65. The van der Waals surface area contributed by atoms with Gasteiger partial charge in [0.05, 0.1) is 0 Å². The van der Waals surface area contributed by atoms with Crippen LogP contribution in [0, 0.1) is 5.82 Å². The zero-order valence-electron chi connectivity index (χ0n) is 7.46. The monoisotopic (exact) mass is 178 g/mol. The van der Waals surface area contributed by atoms with Crippen LogP contribution in [0.5, 0.6) is 0 Å². The van der Waals surface area contributed by atoms with E-state index in [1.54, 1.807) is 25.1 Å². The van der Waals surface area contributed by atoms with Crippen molar-refractivity contribution in [1.82, 2.24) is 0 Å². The summed E-state index contributed by atoms with van der Waals surface area (Å²) < 4.78 is 12.7. The topological polar surface area (TPSA) is 17.1 Å². The molecule has 0 atom stereocenters. The van der Waals surface area contributed by atoms with Crippen molar-refractivity contribution in [3.05, 3.63) is 47.8 Å². The van der Waals surface area contributed by atoms with E-state index in [0.717, 1.165) is 0 Å². The minimum atomic E-state index is -0.300. The van der Waals surface area contributed by atoms with Gasteiger partial charge >= 0.3 is 0 Å². The summed E-state index contributed by atoms with van der Waals surface area (Å²) >= 11 is 0. The van der Waals surface area contributed by atoms with Gasteiger partial charge in [0.25, 0.3) is 0 Å². The Morgan fingerprint density at radius 2 is 2.31 bits per heavy atom. The molecule has 0 aliphatic heterocycles. The number of rotatable bonds is 3. The van der Waals surface area contributed by atoms with Gasteiger partial charge in [0.2, 0.25) is 0 Å². The molecule has 0 bridgehead atoms. The SMILES string of the molecule is C/C=C/C(=O)Cc1cccc(F)c1. The van der Waals surface area contributed by atoms with Crippen LogP contribution in [0.3, 0.4) is 0 Å². The van der Waals surface area contributed by atoms with Crippen molar-refractivity contribution in [2.75, 3.05) is 0 Å². The van der Waals surface area contributed by atoms with Gasteiger partial charge in [-0.2, -0.15) is 0 Å². The molecule has 0 spiro atoms. The first-order valence-corrected chi connectivity index (χ1v) is 4.12. The third-order valence-electron chi connectivity index (χ3n) is 1.62. The molecule has 1 nitrogen and oxygen atoms in total. The van der Waals surface area contributed by atoms with Crippen LogP contribution in [0.15, 0.2) is 36.4 Å². The summed E-state index contributed by atoms with van der Waals surface area (Å²) in [6.07, 6.45) is 3.44. The Hall–Kier alpha value is -1.44. The summed E-state index contributed by atoms with van der Waals surface area (Å²) in [4.78, 5) is 11.1. The largest absolute Gasteiger partial charge is 0.294 e. The zero-order valence-corrected chi connectivity index (χ0v) is 7.46. The van der Waals surface area contributed by atoms with Crippen molar-refractivity contribution in [2.24, 2.45) is 0 Å². The average Bonchev–Trinajstić information content (AvgIpc) is 2.04. The van der Waals surface area contributed by atoms with Crippen LogP contribution in [0.4, 0.5) is 4.39 Å². The van der Waals surface area contributed by atoms with Crippen LogP contribution in [-0.4, -0.2) is 5.78 Å². The van der Waals surface area contributed by atoms with Gasteiger partial charge in [-0.15, -0.1) is 0 Å². The van der Waals surface area contributed by atoms with E-state index < -0.39 is 0 Å². The molecule has 0 fully saturated rings. The number of carbonyl (C=O) groups excluding carboxylic acids is 1. The summed E-state index contributed by atoms with van der Waals surface area (Å²) in [5.41, 5.74) is 0.711. The molecule has 0 aromatic heterocycles. The van der Waals surface area contributed by atoms with Gasteiger partial charge in [-0.1, -0.05) is 18.2 Å². The molecule has 0 saturated heterocycles. The number of benzene rings is 1. The molecule has 2 heteroatoms. The summed E-state index contributed by atoms with van der Waals surface area (Å²) in [5, 5.41) is 0. The third-order valence-corrected chi connectivity index (χ3v) is 1.62. The van der Waals surface area contributed by atoms with Crippen molar-refractivity contribution in [3.63, 3.8) is 0 Å². The standard InChI is InChI=1S/C11H11FO/c1-2-4-11(13)8-9-5-3-6-10(12)7-9/h2-7H,8H2,1H3/b4-2+. The van der Waals surface area contributed by atoms with E-state index in [0.29, 0.717) is 5.56 Å². The summed E-state index contributed by atoms with van der Waals surface area (Å²) in [6, 6.07) is 6.09. The lowest BCUT2D eigenvalue weighted by Crippen LogP contribution is -1.98. The van der Waals surface area contributed by atoms with Crippen molar-refractivity contribution >= 4 is 5.78 Å². The van der Waals surface area contributed by atoms with Gasteiger partial charge in [0.15, 0.2) is 5.78 Å². The van der Waals surface area contributed by atoms with Crippen LogP contribution in [0.2, 0.25) is 0 Å². The van der Waals surface area contributed by atoms with Crippen LogP contribution >= 0.6 is 0 Å². The molecule has 1 aromatic carbocycles. The maximum atomic E-state index is 12.7. The molecule has 0 amide bonds. The molecule has 0 aliphatic rings. The van der Waals surface area contributed by atoms with Gasteiger partial charge in [0, 0.05) is 6.42 Å². The molecule has 0 heterocycles. The van der Waals surface area contributed by atoms with E-state index in [2.05, 4.69) is 0 Å². The smallest absolute Gasteiger partial charge is 0.159 e. The number of carbonyl (C=O) groups is 1. The first-order valence-electron chi connectivity index (χ1n) is 4.12. The lowest BCUT2D eigenvalue weighted by atomic mass is 10.1. The maximum Gasteiger partial charge on any atom is 0.159 e. The molecule has 0 radical (unpaired) electrons. The van der Waals surface area contributed by atoms with Crippen LogP contribution in [0.25, 0.3) is 0 Å². The fourth-order valence-corrected chi connectivity index (χ4v) is 1.09. The second kappa shape index (κ2) is 4.55. The molecule has 13 heavy (non-hydrogen) atoms. The summed E-state index contributed by atoms with van der Waals surface area (Å²) in [5.74, 6) is -0.307. The molecular formula is C11H11FO. The predicted octanol–water partition coefficient (Wildman–Crippen LogP) is 2.51. The second-order valence-corrected chi connectivity index (χ2v) is 2.77. The summed E-state index contributed by atoms with van der Waals surface area (Å²) in [6.45, 7) is 1.78.